The van der Waals surface area contributed by atoms with Crippen molar-refractivity contribution >= 4 is 11.6 Å². The lowest BCUT2D eigenvalue weighted by atomic mass is 10.9. The van der Waals surface area contributed by atoms with Gasteiger partial charge in [0.2, 0.25) is 5.56 Å². The Hall–Kier alpha value is 0.900. The first-order valence-corrected chi connectivity index (χ1v) is 4.57. The van der Waals surface area contributed by atoms with Gasteiger partial charge in [0.1, 0.15) is 0 Å². The zero-order valence-electron chi connectivity index (χ0n) is 3.56. The smallest absolute Gasteiger partial charge is 0.396 e. The lowest BCUT2D eigenvalue weighted by Crippen LogP contribution is -3.99. The second-order valence-corrected chi connectivity index (χ2v) is 3.02. The van der Waals surface area contributed by atoms with Crippen molar-refractivity contribution in [1.29, 1.82) is 0 Å². The molecule has 0 saturated carbocycles. The minimum absolute atomic E-state index is 0.708. The summed E-state index contributed by atoms with van der Waals surface area (Å²) < 4.78 is 23.3. The van der Waals surface area contributed by atoms with Crippen molar-refractivity contribution in [2.45, 2.75) is 12.5 Å². The van der Waals surface area contributed by atoms with Gasteiger partial charge < -0.3 is 6.87 Å². The average molecular weight is 238 g/mol. The van der Waals surface area contributed by atoms with Crippen LogP contribution in [-0.2, 0) is 3.07 Å². The lowest BCUT2D eigenvalue weighted by Gasteiger charge is -1.90. The van der Waals surface area contributed by atoms with E-state index in [1.54, 1.807) is 0 Å². The molecule has 0 amide bonds. The fraction of sp³-hybridized carbons (Fsp3) is 1.00. The molecule has 44 valence electrons. The molecule has 0 rings (SSSR count). The standard InChI is InChI=1S/C2H4ClIO3/c1-2(3)7-4(5)6/h2H,1H3. The summed E-state index contributed by atoms with van der Waals surface area (Å²) in [5.74, 6) is 0. The second kappa shape index (κ2) is 3.85. The summed E-state index contributed by atoms with van der Waals surface area (Å²) >= 11 is 1.59. The van der Waals surface area contributed by atoms with E-state index in [0.29, 0.717) is 0 Å². The molecule has 1 atom stereocenters. The van der Waals surface area contributed by atoms with Crippen LogP contribution in [0.3, 0.4) is 0 Å². The van der Waals surface area contributed by atoms with E-state index in [1.165, 1.54) is 6.92 Å². The van der Waals surface area contributed by atoms with Crippen molar-refractivity contribution in [3.8, 4) is 0 Å². The maximum absolute atomic E-state index is 9.63. The molecule has 0 aliphatic heterocycles. The molecule has 3 nitrogen and oxygen atoms in total. The summed E-state index contributed by atoms with van der Waals surface area (Å²) in [6.07, 6.45) is 0. The summed E-state index contributed by atoms with van der Waals surface area (Å²) in [4.78, 5) is 0. The first-order valence-electron chi connectivity index (χ1n) is 1.49. The fourth-order valence-electron chi connectivity index (χ4n) is 0.100. The van der Waals surface area contributed by atoms with Gasteiger partial charge in [-0.2, -0.15) is 0 Å². The summed E-state index contributed by atoms with van der Waals surface area (Å²) in [6, 6.07) is 0. The quantitative estimate of drug-likeness (QED) is 0.361. The summed E-state index contributed by atoms with van der Waals surface area (Å²) in [7, 11) is 0. The van der Waals surface area contributed by atoms with Crippen molar-refractivity contribution in [3.63, 3.8) is 0 Å². The molecule has 1 unspecified atom stereocenters. The van der Waals surface area contributed by atoms with Crippen molar-refractivity contribution in [1.82, 2.24) is 0 Å². The number of halogens is 2. The number of hydrogen-bond donors (Lipinski definition) is 0. The van der Waals surface area contributed by atoms with Gasteiger partial charge in [0.05, 0.1) is 0 Å². The topological polar surface area (TPSA) is 55.3 Å². The van der Waals surface area contributed by atoms with Gasteiger partial charge >= 0.3 is 21.1 Å². The Balaban J connectivity index is 2.95. The van der Waals surface area contributed by atoms with Crippen LogP contribution in [0.15, 0.2) is 0 Å². The zero-order chi connectivity index (χ0) is 5.86. The van der Waals surface area contributed by atoms with Crippen LogP contribution < -0.4 is 27.9 Å². The van der Waals surface area contributed by atoms with Crippen molar-refractivity contribution in [3.05, 3.63) is 0 Å². The molecular weight excluding hydrogens is 234 g/mol. The van der Waals surface area contributed by atoms with Crippen LogP contribution in [-0.4, -0.2) is 5.56 Å². The second-order valence-electron chi connectivity index (χ2n) is 0.821. The minimum Gasteiger partial charge on any atom is -0.396 e. The highest BCUT2D eigenvalue weighted by atomic mass is 127. The van der Waals surface area contributed by atoms with Crippen LogP contribution >= 0.6 is 11.6 Å². The van der Waals surface area contributed by atoms with Gasteiger partial charge in [-0.05, 0) is 9.99 Å². The van der Waals surface area contributed by atoms with Gasteiger partial charge in [-0.3, -0.25) is 0 Å². The molecule has 0 saturated heterocycles. The fourth-order valence-corrected chi connectivity index (χ4v) is 1.04. The molecule has 0 bridgehead atoms. The predicted molar refractivity (Wildman–Crippen MR) is 16.4 cm³/mol. The van der Waals surface area contributed by atoms with E-state index in [1.807, 2.05) is 0 Å². The minimum atomic E-state index is -3.50. The van der Waals surface area contributed by atoms with Gasteiger partial charge in [0.15, 0.2) is 0 Å². The van der Waals surface area contributed by atoms with E-state index < -0.39 is 26.6 Å². The number of alkyl halides is 1. The molecule has 7 heavy (non-hydrogen) atoms. The summed E-state index contributed by atoms with van der Waals surface area (Å²) in [6.45, 7) is 1.45. The molecule has 0 heterocycles. The third-order valence-corrected chi connectivity index (χ3v) is 1.76. The summed E-state index contributed by atoms with van der Waals surface area (Å²) in [5, 5.41) is 0. The van der Waals surface area contributed by atoms with Gasteiger partial charge in [0, 0.05) is 0 Å². The molecule has 0 spiro atoms. The van der Waals surface area contributed by atoms with Gasteiger partial charge in [-0.1, -0.05) is 11.6 Å². The van der Waals surface area contributed by atoms with E-state index in [2.05, 4.69) is 3.07 Å². The van der Waals surface area contributed by atoms with Gasteiger partial charge in [0.25, 0.3) is 0 Å². The highest BCUT2D eigenvalue weighted by molar-refractivity contribution is 6.19. The Morgan fingerprint density at radius 2 is 2.14 bits per heavy atom. The molecule has 0 N–H and O–H groups in total. The van der Waals surface area contributed by atoms with Crippen molar-refractivity contribution < 1.29 is 31.0 Å². The van der Waals surface area contributed by atoms with E-state index >= 15 is 0 Å². The Bertz CT molecular complexity index is 42.2. The molecule has 0 aromatic heterocycles. The number of rotatable bonds is 2. The molecule has 0 aromatic carbocycles. The van der Waals surface area contributed by atoms with Gasteiger partial charge in [-0.25, -0.2) is 0 Å². The van der Waals surface area contributed by atoms with Gasteiger partial charge in [-0.15, -0.1) is 0 Å². The zero-order valence-corrected chi connectivity index (χ0v) is 6.47. The molecule has 0 radical (unpaired) electrons. The molecule has 5 heteroatoms. The van der Waals surface area contributed by atoms with Crippen LogP contribution in [0.25, 0.3) is 0 Å². The highest BCUT2D eigenvalue weighted by Gasteiger charge is 2.15. The SMILES string of the molecule is CC(Cl)O[I+2]([O-])[O-]. The maximum atomic E-state index is 9.63. The van der Waals surface area contributed by atoms with Crippen LogP contribution in [0.5, 0.6) is 0 Å². The predicted octanol–water partition coefficient (Wildman–Crippen LogP) is -4.32. The first-order chi connectivity index (χ1) is 3.13. The highest BCUT2D eigenvalue weighted by Crippen LogP contribution is 1.85. The van der Waals surface area contributed by atoms with Crippen LogP contribution in [0.4, 0.5) is 0 Å². The Morgan fingerprint density at radius 3 is 2.14 bits per heavy atom. The van der Waals surface area contributed by atoms with Crippen molar-refractivity contribution in [2.75, 3.05) is 0 Å². The first kappa shape index (κ1) is 7.90. The maximum Gasteiger partial charge on any atom is 0.508 e. The van der Waals surface area contributed by atoms with Crippen LogP contribution in [0.2, 0.25) is 0 Å². The third-order valence-electron chi connectivity index (χ3n) is 0.195. The lowest BCUT2D eigenvalue weighted by molar-refractivity contribution is -1.63. The summed E-state index contributed by atoms with van der Waals surface area (Å²) in [5.41, 5.74) is -0.708. The average Bonchev–Trinajstić information content (AvgIpc) is 1.27. The molecular formula is C2H4ClIO3. The third kappa shape index (κ3) is 6.90. The monoisotopic (exact) mass is 238 g/mol. The Morgan fingerprint density at radius 1 is 1.71 bits per heavy atom. The molecule has 0 aliphatic rings. The van der Waals surface area contributed by atoms with E-state index in [0.717, 1.165) is 0 Å². The largest absolute Gasteiger partial charge is 0.508 e. The Kier molecular flexibility index (Phi) is 4.34. The van der Waals surface area contributed by atoms with Crippen molar-refractivity contribution in [2.24, 2.45) is 0 Å². The van der Waals surface area contributed by atoms with Crippen LogP contribution in [0, 0.1) is 0 Å². The van der Waals surface area contributed by atoms with E-state index in [4.69, 9.17) is 11.6 Å². The molecule has 0 aromatic rings. The van der Waals surface area contributed by atoms with E-state index in [9.17, 15) is 6.87 Å². The number of hydrogen-bond acceptors (Lipinski definition) is 3. The van der Waals surface area contributed by atoms with Crippen LogP contribution in [0.1, 0.15) is 6.92 Å². The molecule has 0 aliphatic carbocycles. The molecule has 0 fully saturated rings. The van der Waals surface area contributed by atoms with E-state index in [-0.39, 0.29) is 0 Å². The normalized spacial score (nSPS) is 15.0. The Labute approximate surface area is 55.3 Å².